The molecule has 0 heterocycles. The first-order valence-corrected chi connectivity index (χ1v) is 8.32. The maximum atomic E-state index is 10.5. The molecule has 0 fully saturated rings. The zero-order valence-corrected chi connectivity index (χ0v) is 14.5. The summed E-state index contributed by atoms with van der Waals surface area (Å²) in [6.07, 6.45) is 1.09. The van der Waals surface area contributed by atoms with Crippen molar-refractivity contribution in [2.75, 3.05) is 7.11 Å². The molecule has 3 aromatic carbocycles. The highest BCUT2D eigenvalue weighted by Gasteiger charge is 2.12. The molecule has 5 nitrogen and oxygen atoms in total. The molecule has 0 saturated carbocycles. The average Bonchev–Trinajstić information content (AvgIpc) is 2.68. The van der Waals surface area contributed by atoms with E-state index in [-0.39, 0.29) is 12.3 Å². The number of aliphatic hydroxyl groups excluding tert-OH is 1. The Morgan fingerprint density at radius 3 is 2.58 bits per heavy atom. The smallest absolute Gasteiger partial charge is 0.125 e. The average molecular weight is 347 g/mol. The number of methoxy groups -OCH3 is 1. The summed E-state index contributed by atoms with van der Waals surface area (Å²) in [7, 11) is 1.62. The molecule has 1 unspecified atom stereocenters. The lowest BCUT2D eigenvalue weighted by Gasteiger charge is -2.13. The number of nitrogens with two attached hydrogens (primary N) is 1. The van der Waals surface area contributed by atoms with E-state index in [9.17, 15) is 5.11 Å². The van der Waals surface area contributed by atoms with Crippen LogP contribution in [-0.2, 0) is 0 Å². The first-order chi connectivity index (χ1) is 12.7. The van der Waals surface area contributed by atoms with Gasteiger partial charge in [0.15, 0.2) is 0 Å². The van der Waals surface area contributed by atoms with E-state index in [0.29, 0.717) is 0 Å². The van der Waals surface area contributed by atoms with Gasteiger partial charge in [-0.1, -0.05) is 42.5 Å². The van der Waals surface area contributed by atoms with Crippen LogP contribution in [0.15, 0.2) is 76.9 Å². The minimum atomic E-state index is -0.735. The van der Waals surface area contributed by atoms with E-state index >= 15 is 0 Å². The van der Waals surface area contributed by atoms with E-state index in [0.717, 1.165) is 27.6 Å². The number of rotatable bonds is 6. The van der Waals surface area contributed by atoms with Gasteiger partial charge in [-0.25, -0.2) is 0 Å². The molecule has 0 aliphatic heterocycles. The number of amidine groups is 1. The van der Waals surface area contributed by atoms with Gasteiger partial charge in [-0.3, -0.25) is 0 Å². The van der Waals surface area contributed by atoms with Gasteiger partial charge in [0, 0.05) is 6.42 Å². The van der Waals surface area contributed by atoms with Crippen LogP contribution in [0.2, 0.25) is 0 Å². The molecule has 0 bridgehead atoms. The number of hydrogen-bond donors (Lipinski definition) is 2. The first-order valence-electron chi connectivity index (χ1n) is 8.32. The van der Waals surface area contributed by atoms with Crippen LogP contribution in [-0.4, -0.2) is 24.3 Å². The van der Waals surface area contributed by atoms with Gasteiger partial charge in [0.05, 0.1) is 19.4 Å². The quantitative estimate of drug-likeness (QED) is 0.406. The van der Waals surface area contributed by atoms with Crippen LogP contribution in [0.3, 0.4) is 0 Å². The lowest BCUT2D eigenvalue weighted by Crippen LogP contribution is -2.15. The van der Waals surface area contributed by atoms with Gasteiger partial charge in [0.1, 0.15) is 11.6 Å². The molecule has 0 amide bonds. The van der Waals surface area contributed by atoms with E-state index in [2.05, 4.69) is 10.2 Å². The molecule has 3 N–H and O–H groups in total. The summed E-state index contributed by atoms with van der Waals surface area (Å²) >= 11 is 0. The molecule has 0 radical (unpaired) electrons. The van der Waals surface area contributed by atoms with Crippen LogP contribution in [0.5, 0.6) is 5.75 Å². The summed E-state index contributed by atoms with van der Waals surface area (Å²) in [5.74, 6) is 1.05. The normalized spacial score (nSPS) is 13.2. The minimum absolute atomic E-state index is 0.216. The molecule has 0 aliphatic carbocycles. The molecular weight excluding hydrogens is 326 g/mol. The summed E-state index contributed by atoms with van der Waals surface area (Å²) in [5, 5.41) is 20.6. The molecule has 0 aliphatic rings. The van der Waals surface area contributed by atoms with Gasteiger partial charge in [0.2, 0.25) is 0 Å². The lowest BCUT2D eigenvalue weighted by atomic mass is 9.98. The standard InChI is InChI=1S/C21H21N3O2/c1-26-17-11-9-15(10-12-17)14-23-24-21(22)13-20(25)19-8-4-6-16-5-2-3-7-18(16)19/h2-12,14,20,25H,13H2,1H3,(H2,22,24)/b23-14+. The predicted molar refractivity (Wildman–Crippen MR) is 106 cm³/mol. The lowest BCUT2D eigenvalue weighted by molar-refractivity contribution is 0.187. The summed E-state index contributed by atoms with van der Waals surface area (Å²) in [6.45, 7) is 0. The van der Waals surface area contributed by atoms with Gasteiger partial charge in [-0.15, -0.1) is 5.10 Å². The van der Waals surface area contributed by atoms with E-state index in [4.69, 9.17) is 10.5 Å². The number of ether oxygens (including phenoxy) is 1. The molecule has 3 aromatic rings. The minimum Gasteiger partial charge on any atom is -0.497 e. The Morgan fingerprint density at radius 2 is 1.81 bits per heavy atom. The van der Waals surface area contributed by atoms with Crippen molar-refractivity contribution in [3.63, 3.8) is 0 Å². The number of benzene rings is 3. The maximum absolute atomic E-state index is 10.5. The highest BCUT2D eigenvalue weighted by Crippen LogP contribution is 2.26. The second-order valence-corrected chi connectivity index (χ2v) is 5.90. The Kier molecular flexibility index (Phi) is 5.61. The zero-order valence-electron chi connectivity index (χ0n) is 14.5. The van der Waals surface area contributed by atoms with Crippen LogP contribution in [0.4, 0.5) is 0 Å². The van der Waals surface area contributed by atoms with Gasteiger partial charge in [0.25, 0.3) is 0 Å². The van der Waals surface area contributed by atoms with Gasteiger partial charge < -0.3 is 15.6 Å². The molecule has 26 heavy (non-hydrogen) atoms. The van der Waals surface area contributed by atoms with Crippen molar-refractivity contribution in [3.8, 4) is 5.75 Å². The number of nitrogens with zero attached hydrogens (tertiary/aromatic N) is 2. The van der Waals surface area contributed by atoms with Crippen LogP contribution >= 0.6 is 0 Å². The zero-order chi connectivity index (χ0) is 18.4. The fourth-order valence-electron chi connectivity index (χ4n) is 2.75. The molecular formula is C21H21N3O2. The molecule has 3 rings (SSSR count). The first kappa shape index (κ1) is 17.6. The van der Waals surface area contributed by atoms with Crippen molar-refractivity contribution >= 4 is 22.8 Å². The van der Waals surface area contributed by atoms with Crippen molar-refractivity contribution in [3.05, 3.63) is 77.9 Å². The van der Waals surface area contributed by atoms with Crippen LogP contribution in [0.25, 0.3) is 10.8 Å². The monoisotopic (exact) mass is 347 g/mol. The third-order valence-electron chi connectivity index (χ3n) is 4.09. The Balaban J connectivity index is 1.68. The van der Waals surface area contributed by atoms with Crippen LogP contribution in [0, 0.1) is 0 Å². The van der Waals surface area contributed by atoms with E-state index in [1.165, 1.54) is 0 Å². The largest absolute Gasteiger partial charge is 0.497 e. The van der Waals surface area contributed by atoms with E-state index in [1.807, 2.05) is 66.7 Å². The summed E-state index contributed by atoms with van der Waals surface area (Å²) < 4.78 is 5.11. The highest BCUT2D eigenvalue weighted by atomic mass is 16.5. The molecule has 0 spiro atoms. The Hall–Kier alpha value is -3.18. The summed E-state index contributed by atoms with van der Waals surface area (Å²) in [5.41, 5.74) is 7.64. The predicted octanol–water partition coefficient (Wildman–Crippen LogP) is 3.66. The van der Waals surface area contributed by atoms with E-state index in [1.54, 1.807) is 13.3 Å². The van der Waals surface area contributed by atoms with Crippen molar-refractivity contribution < 1.29 is 9.84 Å². The molecule has 0 aromatic heterocycles. The Morgan fingerprint density at radius 1 is 1.08 bits per heavy atom. The Bertz CT molecular complexity index is 928. The van der Waals surface area contributed by atoms with Gasteiger partial charge >= 0.3 is 0 Å². The van der Waals surface area contributed by atoms with Crippen LogP contribution < -0.4 is 10.5 Å². The number of fused-ring (bicyclic) bond motifs is 1. The fourth-order valence-corrected chi connectivity index (χ4v) is 2.75. The topological polar surface area (TPSA) is 80.2 Å². The third-order valence-corrected chi connectivity index (χ3v) is 4.09. The highest BCUT2D eigenvalue weighted by molar-refractivity contribution is 5.88. The van der Waals surface area contributed by atoms with Crippen molar-refractivity contribution in [2.45, 2.75) is 12.5 Å². The van der Waals surface area contributed by atoms with Gasteiger partial charge in [-0.2, -0.15) is 5.10 Å². The van der Waals surface area contributed by atoms with Crippen molar-refractivity contribution in [1.82, 2.24) is 0 Å². The molecule has 5 heteroatoms. The maximum Gasteiger partial charge on any atom is 0.125 e. The van der Waals surface area contributed by atoms with E-state index < -0.39 is 6.10 Å². The molecule has 1 atom stereocenters. The summed E-state index contributed by atoms with van der Waals surface area (Å²) in [6, 6.07) is 21.2. The summed E-state index contributed by atoms with van der Waals surface area (Å²) in [4.78, 5) is 0. The van der Waals surface area contributed by atoms with Crippen LogP contribution in [0.1, 0.15) is 23.7 Å². The second kappa shape index (κ2) is 8.27. The fraction of sp³-hybridized carbons (Fsp3) is 0.143. The third kappa shape index (κ3) is 4.26. The number of aliphatic hydroxyl groups is 1. The molecule has 132 valence electrons. The van der Waals surface area contributed by atoms with Gasteiger partial charge in [-0.05, 0) is 46.2 Å². The molecule has 0 saturated heterocycles. The second-order valence-electron chi connectivity index (χ2n) is 5.90. The van der Waals surface area contributed by atoms with Crippen molar-refractivity contribution in [2.24, 2.45) is 15.9 Å². The number of hydrogen-bond acceptors (Lipinski definition) is 4. The SMILES string of the molecule is COc1ccc(/C=N/N=C(\N)CC(O)c2cccc3ccccc23)cc1. The van der Waals surface area contributed by atoms with Crippen molar-refractivity contribution in [1.29, 1.82) is 0 Å². The Labute approximate surface area is 152 Å².